The van der Waals surface area contributed by atoms with Crippen molar-refractivity contribution in [3.05, 3.63) is 0 Å². The third-order valence-corrected chi connectivity index (χ3v) is 2.73. The second kappa shape index (κ2) is 7.01. The van der Waals surface area contributed by atoms with Crippen LogP contribution in [-0.2, 0) is 0 Å². The number of hydrogen-bond donors (Lipinski definition) is 0. The first-order valence-corrected chi connectivity index (χ1v) is 6.22. The Labute approximate surface area is 104 Å². The van der Waals surface area contributed by atoms with Crippen LogP contribution in [0.3, 0.4) is 0 Å². The van der Waals surface area contributed by atoms with Crippen LogP contribution in [0, 0.1) is 22.7 Å². The van der Waals surface area contributed by atoms with Gasteiger partial charge in [0.05, 0.1) is 12.1 Å². The summed E-state index contributed by atoms with van der Waals surface area (Å²) in [5.74, 6) is 0. The third kappa shape index (κ3) is 5.45. The van der Waals surface area contributed by atoms with Gasteiger partial charge in [-0.25, -0.2) is 0 Å². The highest BCUT2D eigenvalue weighted by molar-refractivity contribution is 5.07. The number of nitrogens with zero attached hydrogens (tertiary/aromatic N) is 4. The van der Waals surface area contributed by atoms with Crippen LogP contribution in [0.25, 0.3) is 0 Å². The van der Waals surface area contributed by atoms with E-state index in [1.54, 1.807) is 13.8 Å². The Kier molecular flexibility index (Phi) is 6.43. The maximum Gasteiger partial charge on any atom is 0.164 e. The van der Waals surface area contributed by atoms with Gasteiger partial charge < -0.3 is 0 Å². The third-order valence-electron chi connectivity index (χ3n) is 2.73. The van der Waals surface area contributed by atoms with Crippen LogP contribution in [0.5, 0.6) is 0 Å². The summed E-state index contributed by atoms with van der Waals surface area (Å²) in [7, 11) is 0. The maximum atomic E-state index is 9.12. The van der Waals surface area contributed by atoms with Crippen molar-refractivity contribution in [2.45, 2.75) is 70.9 Å². The molecule has 2 atom stereocenters. The number of hydrogen-bond acceptors (Lipinski definition) is 4. The topological polar surface area (TPSA) is 72.3 Å². The Balaban J connectivity index is 4.77. The fraction of sp³-hybridized carbons (Fsp3) is 0.846. The molecule has 0 spiro atoms. The van der Waals surface area contributed by atoms with E-state index in [0.29, 0.717) is 12.8 Å². The van der Waals surface area contributed by atoms with Crippen molar-refractivity contribution < 1.29 is 0 Å². The van der Waals surface area contributed by atoms with E-state index in [1.165, 1.54) is 0 Å². The van der Waals surface area contributed by atoms with Gasteiger partial charge in [-0.2, -0.15) is 20.8 Å². The van der Waals surface area contributed by atoms with E-state index in [0.717, 1.165) is 19.3 Å². The molecule has 4 nitrogen and oxygen atoms in total. The van der Waals surface area contributed by atoms with Crippen molar-refractivity contribution in [3.63, 3.8) is 0 Å². The molecule has 0 aromatic rings. The van der Waals surface area contributed by atoms with Gasteiger partial charge in [-0.1, -0.05) is 33.1 Å². The maximum absolute atomic E-state index is 9.12. The molecule has 0 aliphatic heterocycles. The zero-order valence-electron chi connectivity index (χ0n) is 11.3. The quantitative estimate of drug-likeness (QED) is 0.624. The molecule has 0 aromatic heterocycles. The second-order valence-electron chi connectivity index (χ2n) is 4.82. The van der Waals surface area contributed by atoms with Gasteiger partial charge in [-0.15, -0.1) is 0 Å². The van der Waals surface area contributed by atoms with Gasteiger partial charge in [-0.05, 0) is 26.7 Å². The zero-order valence-corrected chi connectivity index (χ0v) is 11.3. The highest BCUT2D eigenvalue weighted by atomic mass is 15.2. The smallest absolute Gasteiger partial charge is 0.164 e. The number of nitriles is 2. The molecule has 0 aliphatic carbocycles. The van der Waals surface area contributed by atoms with Crippen LogP contribution < -0.4 is 0 Å². The van der Waals surface area contributed by atoms with Gasteiger partial charge in [0.15, 0.2) is 11.1 Å². The molecule has 0 aliphatic rings. The average molecular weight is 234 g/mol. The molecule has 0 bridgehead atoms. The lowest BCUT2D eigenvalue weighted by atomic mass is 9.97. The molecule has 17 heavy (non-hydrogen) atoms. The summed E-state index contributed by atoms with van der Waals surface area (Å²) in [4.78, 5) is 0. The monoisotopic (exact) mass is 234 g/mol. The van der Waals surface area contributed by atoms with Crippen LogP contribution in [0.1, 0.15) is 59.8 Å². The first-order valence-electron chi connectivity index (χ1n) is 6.22. The predicted octanol–water partition coefficient (Wildman–Crippen LogP) is 3.99. The second-order valence-corrected chi connectivity index (χ2v) is 4.82. The molecule has 4 heteroatoms. The minimum Gasteiger partial charge on any atom is -0.196 e. The van der Waals surface area contributed by atoms with Crippen molar-refractivity contribution in [3.8, 4) is 12.1 Å². The van der Waals surface area contributed by atoms with Crippen molar-refractivity contribution in [2.24, 2.45) is 10.2 Å². The number of azo groups is 1. The Morgan fingerprint density at radius 2 is 1.35 bits per heavy atom. The molecule has 0 aromatic carbocycles. The van der Waals surface area contributed by atoms with E-state index in [4.69, 9.17) is 10.5 Å². The first kappa shape index (κ1) is 15.6. The van der Waals surface area contributed by atoms with E-state index in [1.807, 2.05) is 6.92 Å². The van der Waals surface area contributed by atoms with Crippen molar-refractivity contribution in [2.75, 3.05) is 0 Å². The van der Waals surface area contributed by atoms with Crippen molar-refractivity contribution in [1.82, 2.24) is 0 Å². The number of rotatable bonds is 7. The van der Waals surface area contributed by atoms with Crippen molar-refractivity contribution >= 4 is 0 Å². The highest BCUT2D eigenvalue weighted by Gasteiger charge is 2.27. The minimum absolute atomic E-state index is 0.669. The van der Waals surface area contributed by atoms with Crippen LogP contribution >= 0.6 is 0 Å². The summed E-state index contributed by atoms with van der Waals surface area (Å²) in [5, 5.41) is 26.4. The van der Waals surface area contributed by atoms with E-state index in [-0.39, 0.29) is 0 Å². The Bertz CT molecular complexity index is 336. The summed E-state index contributed by atoms with van der Waals surface area (Å²) in [6.45, 7) is 7.62. The van der Waals surface area contributed by atoms with E-state index >= 15 is 0 Å². The van der Waals surface area contributed by atoms with Crippen molar-refractivity contribution in [1.29, 1.82) is 10.5 Å². The number of unbranched alkanes of at least 4 members (excludes halogenated alkanes) is 1. The molecule has 0 N–H and O–H groups in total. The van der Waals surface area contributed by atoms with Gasteiger partial charge in [0.1, 0.15) is 0 Å². The molecule has 0 heterocycles. The highest BCUT2D eigenvalue weighted by Crippen LogP contribution is 2.23. The lowest BCUT2D eigenvalue weighted by Crippen LogP contribution is -2.23. The predicted molar refractivity (Wildman–Crippen MR) is 67.3 cm³/mol. The first-order chi connectivity index (χ1) is 7.95. The summed E-state index contributed by atoms with van der Waals surface area (Å²) >= 11 is 0. The van der Waals surface area contributed by atoms with E-state index in [2.05, 4.69) is 29.3 Å². The molecule has 0 saturated heterocycles. The normalized spacial score (nSPS) is 18.0. The van der Waals surface area contributed by atoms with E-state index < -0.39 is 11.1 Å². The molecule has 0 radical (unpaired) electrons. The SMILES string of the molecule is CCCCC(C)(C#N)/N=N/C(C)(C#N)CCC. The molecule has 0 saturated carbocycles. The lowest BCUT2D eigenvalue weighted by Gasteiger charge is -2.18. The fourth-order valence-electron chi connectivity index (χ4n) is 1.49. The summed E-state index contributed by atoms with van der Waals surface area (Å²) in [5.41, 5.74) is -1.58. The summed E-state index contributed by atoms with van der Waals surface area (Å²) < 4.78 is 0. The lowest BCUT2D eigenvalue weighted by molar-refractivity contribution is 0.439. The van der Waals surface area contributed by atoms with Crippen LogP contribution in [0.4, 0.5) is 0 Å². The Hall–Kier alpha value is -1.42. The zero-order chi connectivity index (χ0) is 13.4. The van der Waals surface area contributed by atoms with Gasteiger partial charge in [-0.3, -0.25) is 0 Å². The average Bonchev–Trinajstić information content (AvgIpc) is 2.34. The Morgan fingerprint density at radius 3 is 1.71 bits per heavy atom. The molecular weight excluding hydrogens is 212 g/mol. The van der Waals surface area contributed by atoms with Crippen LogP contribution in [0.2, 0.25) is 0 Å². The van der Waals surface area contributed by atoms with Crippen LogP contribution in [0.15, 0.2) is 10.2 Å². The molecule has 0 amide bonds. The van der Waals surface area contributed by atoms with Gasteiger partial charge in [0.2, 0.25) is 0 Å². The van der Waals surface area contributed by atoms with E-state index in [9.17, 15) is 0 Å². The van der Waals surface area contributed by atoms with Crippen LogP contribution in [-0.4, -0.2) is 11.1 Å². The molecular formula is C13H22N4. The minimum atomic E-state index is -0.793. The molecule has 0 rings (SSSR count). The molecule has 94 valence electrons. The molecule has 2 unspecified atom stereocenters. The largest absolute Gasteiger partial charge is 0.196 e. The van der Waals surface area contributed by atoms with Gasteiger partial charge in [0, 0.05) is 0 Å². The fourth-order valence-corrected chi connectivity index (χ4v) is 1.49. The summed E-state index contributed by atoms with van der Waals surface area (Å²) in [6.07, 6.45) is 4.21. The Morgan fingerprint density at radius 1 is 0.882 bits per heavy atom. The standard InChI is InChI=1S/C13H22N4/c1-5-7-9-13(4,11-15)17-16-12(3,10-14)8-6-2/h5-9H2,1-4H3/b17-16+. The van der Waals surface area contributed by atoms with Gasteiger partial charge >= 0.3 is 0 Å². The summed E-state index contributed by atoms with van der Waals surface area (Å²) in [6, 6.07) is 4.34. The van der Waals surface area contributed by atoms with Gasteiger partial charge in [0.25, 0.3) is 0 Å². The molecule has 0 fully saturated rings.